The van der Waals surface area contributed by atoms with Crippen molar-refractivity contribution in [2.24, 2.45) is 4.99 Å². The Bertz CT molecular complexity index is 381. The molecule has 0 spiro atoms. The maximum absolute atomic E-state index is 10.1. The maximum Gasteiger partial charge on any atom is 0.180 e. The molecule has 2 aliphatic heterocycles. The number of rotatable bonds is 0. The third kappa shape index (κ3) is 7.74. The van der Waals surface area contributed by atoms with Crippen LogP contribution in [0.1, 0.15) is 0 Å². The van der Waals surface area contributed by atoms with Crippen LogP contribution in [0.4, 0.5) is 0 Å². The van der Waals surface area contributed by atoms with Crippen molar-refractivity contribution < 1.29 is 13.5 Å². The first-order valence-electron chi connectivity index (χ1n) is 4.54. The van der Waals surface area contributed by atoms with Crippen molar-refractivity contribution in [2.75, 3.05) is 0 Å². The number of hydrogen-bond acceptors (Lipinski definition) is 6. The van der Waals surface area contributed by atoms with E-state index in [2.05, 4.69) is 24.7 Å². The van der Waals surface area contributed by atoms with Crippen molar-refractivity contribution in [3.63, 3.8) is 0 Å². The molecule has 90 valence electrons. The molecular formula is C10H11N3O3S. The fourth-order valence-electron chi connectivity index (χ4n) is 0.659. The van der Waals surface area contributed by atoms with Gasteiger partial charge in [-0.2, -0.15) is 0 Å². The Labute approximate surface area is 101 Å². The minimum Gasteiger partial charge on any atom is -0.452 e. The molecule has 1 N–H and O–H groups in total. The van der Waals surface area contributed by atoms with Gasteiger partial charge >= 0.3 is 0 Å². The molecule has 3 rings (SSSR count). The van der Waals surface area contributed by atoms with Gasteiger partial charge in [-0.25, -0.2) is 14.7 Å². The van der Waals surface area contributed by atoms with Gasteiger partial charge in [-0.05, 0) is 12.2 Å². The number of hydroxylamine groups is 1. The predicted octanol–water partition coefficient (Wildman–Crippen LogP) is 1.47. The van der Waals surface area contributed by atoms with Crippen molar-refractivity contribution in [3.8, 4) is 0 Å². The zero-order valence-corrected chi connectivity index (χ0v) is 9.62. The van der Waals surface area contributed by atoms with Crippen LogP contribution >= 0.6 is 0 Å². The minimum atomic E-state index is -0.895. The van der Waals surface area contributed by atoms with Gasteiger partial charge in [0.25, 0.3) is 0 Å². The Kier molecular flexibility index (Phi) is 6.92. The fourth-order valence-corrected chi connectivity index (χ4v) is 1.11. The van der Waals surface area contributed by atoms with Crippen molar-refractivity contribution in [1.29, 1.82) is 0 Å². The van der Waals surface area contributed by atoms with Gasteiger partial charge in [0, 0.05) is 17.8 Å². The lowest BCUT2D eigenvalue weighted by atomic mass is 10.6. The van der Waals surface area contributed by atoms with E-state index in [9.17, 15) is 4.21 Å². The van der Waals surface area contributed by atoms with Crippen LogP contribution in [0.3, 0.4) is 0 Å². The summed E-state index contributed by atoms with van der Waals surface area (Å²) in [5.74, 6) is 0. The van der Waals surface area contributed by atoms with E-state index >= 15 is 0 Å². The second-order valence-electron chi connectivity index (χ2n) is 2.47. The van der Waals surface area contributed by atoms with Gasteiger partial charge in [0.2, 0.25) is 0 Å². The van der Waals surface area contributed by atoms with Crippen LogP contribution in [-0.4, -0.2) is 14.7 Å². The predicted molar refractivity (Wildman–Crippen MR) is 64.8 cm³/mol. The van der Waals surface area contributed by atoms with Gasteiger partial charge in [0.15, 0.2) is 6.39 Å². The summed E-state index contributed by atoms with van der Waals surface area (Å²) < 4.78 is 14.6. The normalized spacial score (nSPS) is 18.2. The summed E-state index contributed by atoms with van der Waals surface area (Å²) in [5, 5.41) is 1.53. The molecule has 1 unspecified atom stereocenters. The number of hydrogen-bond donors (Lipinski definition) is 1. The number of aromatic nitrogens is 1. The highest BCUT2D eigenvalue weighted by Crippen LogP contribution is 1.88. The first-order valence-corrected chi connectivity index (χ1v) is 5.81. The highest BCUT2D eigenvalue weighted by molar-refractivity contribution is 8.01. The van der Waals surface area contributed by atoms with Crippen LogP contribution in [0.25, 0.3) is 0 Å². The largest absolute Gasteiger partial charge is 0.452 e. The van der Waals surface area contributed by atoms with E-state index in [0.717, 1.165) is 0 Å². The van der Waals surface area contributed by atoms with Crippen molar-refractivity contribution in [2.45, 2.75) is 0 Å². The van der Waals surface area contributed by atoms with Crippen LogP contribution in [0.15, 0.2) is 64.5 Å². The Morgan fingerprint density at radius 3 is 2.41 bits per heavy atom. The standard InChI is InChI=1S/C4H5NO.C3H3NOS.C3H3NO/c1-2-4-6-5-3-1;5-6-2-1-4-3-6;1-2-5-3-4-1/h1-5H;1-3H;1-3H. The quantitative estimate of drug-likeness (QED) is 0.757. The second kappa shape index (κ2) is 9.10. The van der Waals surface area contributed by atoms with Gasteiger partial charge in [-0.15, -0.1) is 0 Å². The molecule has 0 aromatic carbocycles. The van der Waals surface area contributed by atoms with E-state index < -0.39 is 10.8 Å². The first-order chi connectivity index (χ1) is 8.39. The van der Waals surface area contributed by atoms with Gasteiger partial charge in [0.05, 0.1) is 22.5 Å². The SMILES string of the molecule is C1=CNOC=C1.O=S1C=CN=C1.c1cocn1. The number of oxazole rings is 1. The molecule has 0 saturated heterocycles. The highest BCUT2D eigenvalue weighted by Gasteiger charge is 1.87. The fraction of sp³-hybridized carbons (Fsp3) is 0. The molecular weight excluding hydrogens is 242 g/mol. The molecule has 17 heavy (non-hydrogen) atoms. The molecule has 3 heterocycles. The lowest BCUT2D eigenvalue weighted by Gasteiger charge is -1.97. The second-order valence-corrected chi connectivity index (χ2v) is 3.61. The summed E-state index contributed by atoms with van der Waals surface area (Å²) in [7, 11) is -0.895. The average Bonchev–Trinajstić information content (AvgIpc) is 3.07. The molecule has 2 aliphatic rings. The zero-order chi connectivity index (χ0) is 12.2. The van der Waals surface area contributed by atoms with Crippen molar-refractivity contribution >= 4 is 16.3 Å². The number of aliphatic imine (C=N–C) groups is 1. The first kappa shape index (κ1) is 12.9. The summed E-state index contributed by atoms with van der Waals surface area (Å²) in [4.78, 5) is 11.7. The van der Waals surface area contributed by atoms with Crippen LogP contribution < -0.4 is 5.48 Å². The van der Waals surface area contributed by atoms with Crippen LogP contribution in [-0.2, 0) is 15.6 Å². The Morgan fingerprint density at radius 1 is 1.29 bits per heavy atom. The molecule has 0 fully saturated rings. The van der Waals surface area contributed by atoms with Crippen LogP contribution in [0.2, 0.25) is 0 Å². The number of nitrogens with one attached hydrogen (secondary N) is 1. The van der Waals surface area contributed by atoms with E-state index in [4.69, 9.17) is 0 Å². The van der Waals surface area contributed by atoms with E-state index in [-0.39, 0.29) is 0 Å². The number of allylic oxidation sites excluding steroid dienone is 2. The van der Waals surface area contributed by atoms with Gasteiger partial charge in [0.1, 0.15) is 12.5 Å². The van der Waals surface area contributed by atoms with E-state index in [1.807, 2.05) is 6.08 Å². The van der Waals surface area contributed by atoms with Crippen molar-refractivity contribution in [1.82, 2.24) is 10.5 Å². The molecule has 0 aliphatic carbocycles. The molecule has 1 aromatic rings. The Hall–Kier alpha value is -2.15. The lowest BCUT2D eigenvalue weighted by Crippen LogP contribution is -2.01. The number of nitrogens with zero attached hydrogens (tertiary/aromatic N) is 2. The summed E-state index contributed by atoms with van der Waals surface area (Å²) >= 11 is 0. The Morgan fingerprint density at radius 2 is 2.24 bits per heavy atom. The topological polar surface area (TPSA) is 76.7 Å². The molecule has 1 atom stereocenters. The third-order valence-corrected chi connectivity index (χ3v) is 2.00. The van der Waals surface area contributed by atoms with Gasteiger partial charge in [-0.1, -0.05) is 0 Å². The smallest absolute Gasteiger partial charge is 0.180 e. The molecule has 0 saturated carbocycles. The summed E-state index contributed by atoms with van der Waals surface area (Å²) in [6.45, 7) is 0. The van der Waals surface area contributed by atoms with Gasteiger partial charge < -0.3 is 9.25 Å². The average molecular weight is 253 g/mol. The van der Waals surface area contributed by atoms with E-state index in [1.165, 1.54) is 29.8 Å². The summed E-state index contributed by atoms with van der Waals surface area (Å²) in [6.07, 6.45) is 12.9. The van der Waals surface area contributed by atoms with Gasteiger partial charge in [-0.3, -0.25) is 4.99 Å². The molecule has 0 bridgehead atoms. The maximum atomic E-state index is 10.1. The van der Waals surface area contributed by atoms with Crippen LogP contribution in [0, 0.1) is 0 Å². The highest BCUT2D eigenvalue weighted by atomic mass is 32.2. The van der Waals surface area contributed by atoms with E-state index in [1.54, 1.807) is 24.7 Å². The summed E-state index contributed by atoms with van der Waals surface area (Å²) in [5.41, 5.74) is 3.91. The summed E-state index contributed by atoms with van der Waals surface area (Å²) in [6, 6.07) is 0. The molecule has 6 nitrogen and oxygen atoms in total. The minimum absolute atomic E-state index is 0.895. The van der Waals surface area contributed by atoms with Crippen LogP contribution in [0.5, 0.6) is 0 Å². The zero-order valence-electron chi connectivity index (χ0n) is 8.80. The Balaban J connectivity index is 0.000000128. The molecule has 0 radical (unpaired) electrons. The molecule has 0 amide bonds. The monoisotopic (exact) mass is 253 g/mol. The molecule has 7 heteroatoms. The third-order valence-electron chi connectivity index (χ3n) is 1.28. The molecule has 1 aromatic heterocycles. The van der Waals surface area contributed by atoms with Crippen molar-refractivity contribution in [3.05, 3.63) is 55.1 Å². The lowest BCUT2D eigenvalue weighted by molar-refractivity contribution is 0.172. The van der Waals surface area contributed by atoms with E-state index in [0.29, 0.717) is 0 Å².